The minimum atomic E-state index is 0.477. The lowest BCUT2D eigenvalue weighted by Crippen LogP contribution is -2.00. The van der Waals surface area contributed by atoms with Crippen molar-refractivity contribution in [1.82, 2.24) is 29.9 Å². The molecule has 0 aliphatic carbocycles. The highest BCUT2D eigenvalue weighted by atomic mass is 14.9. The lowest BCUT2D eigenvalue weighted by Gasteiger charge is -2.11. The van der Waals surface area contributed by atoms with Crippen LogP contribution in [0.15, 0.2) is 36.4 Å². The molecule has 0 spiro atoms. The Morgan fingerprint density at radius 1 is 0.364 bits per heavy atom. The van der Waals surface area contributed by atoms with E-state index in [1.807, 2.05) is 12.1 Å². The Labute approximate surface area is 252 Å². The fourth-order valence-corrected chi connectivity index (χ4v) is 5.25. The molecular formula is C38H16N6. The summed E-state index contributed by atoms with van der Waals surface area (Å²) in [5.41, 5.74) is 10.0. The van der Waals surface area contributed by atoms with Gasteiger partial charge in [0.25, 0.3) is 0 Å². The summed E-state index contributed by atoms with van der Waals surface area (Å²) < 4.78 is 0. The zero-order valence-electron chi connectivity index (χ0n) is 23.5. The number of rotatable bonds is 0. The standard InChI is InChI=1S/C38H16N6/c1-7-13-25-19-31-32(20-26(25)14-8-2)44-38-36-34(40-28-16-22(10-4)24(12-6)18-30(28)42-36)33-35(37(38)43-31)41-29-17-23(11-5)21(9-3)15-27(29)39-33/h3-6,15-20H,1-2H3. The van der Waals surface area contributed by atoms with Gasteiger partial charge in [-0.2, -0.15) is 0 Å². The summed E-state index contributed by atoms with van der Waals surface area (Å²) in [6.07, 6.45) is 23.0. The molecule has 0 amide bonds. The van der Waals surface area contributed by atoms with Crippen LogP contribution < -0.4 is 0 Å². The number of hydrogen-bond acceptors (Lipinski definition) is 6. The minimum Gasteiger partial charge on any atom is -0.242 e. The molecule has 0 bridgehead atoms. The molecule has 3 aromatic heterocycles. The highest BCUT2D eigenvalue weighted by Gasteiger charge is 2.20. The molecule has 0 saturated heterocycles. The molecule has 0 atom stereocenters. The van der Waals surface area contributed by atoms with Crippen LogP contribution in [0.3, 0.4) is 0 Å². The fourth-order valence-electron chi connectivity index (χ4n) is 5.25. The summed E-state index contributed by atoms with van der Waals surface area (Å²) in [5.74, 6) is 22.7. The summed E-state index contributed by atoms with van der Waals surface area (Å²) in [6.45, 7) is 3.55. The van der Waals surface area contributed by atoms with Crippen molar-refractivity contribution in [3.8, 4) is 73.1 Å². The van der Waals surface area contributed by atoms with Crippen molar-refractivity contribution < 1.29 is 0 Å². The van der Waals surface area contributed by atoms with Crippen LogP contribution in [-0.2, 0) is 0 Å². The van der Waals surface area contributed by atoms with Crippen LogP contribution >= 0.6 is 0 Å². The molecule has 0 aliphatic heterocycles. The number of nitrogens with zero attached hydrogens (tertiary/aromatic N) is 6. The van der Waals surface area contributed by atoms with E-state index in [0.717, 1.165) is 11.1 Å². The highest BCUT2D eigenvalue weighted by molar-refractivity contribution is 6.21. The van der Waals surface area contributed by atoms with Crippen LogP contribution in [0, 0.1) is 73.1 Å². The Hall–Kier alpha value is -6.96. The SMILES string of the molecule is C#Cc1cc2nc3c4nc5cc(C#C)c(C#C)cc5nc4c4nc5cc(C#CC)c(C#CC)cc5nc4c3nc2cc1C#C. The molecule has 6 heteroatoms. The van der Waals surface area contributed by atoms with Gasteiger partial charge in [-0.1, -0.05) is 35.5 Å². The normalized spacial score (nSPS) is 10.5. The van der Waals surface area contributed by atoms with E-state index in [9.17, 15) is 0 Å². The third-order valence-corrected chi connectivity index (χ3v) is 7.22. The van der Waals surface area contributed by atoms with Gasteiger partial charge in [0.15, 0.2) is 0 Å². The van der Waals surface area contributed by atoms with Gasteiger partial charge < -0.3 is 0 Å². The highest BCUT2D eigenvalue weighted by Crippen LogP contribution is 2.34. The maximum Gasteiger partial charge on any atom is 0.120 e. The van der Waals surface area contributed by atoms with E-state index in [2.05, 4.69) is 47.4 Å². The molecule has 7 rings (SSSR count). The topological polar surface area (TPSA) is 77.3 Å². The smallest absolute Gasteiger partial charge is 0.120 e. The van der Waals surface area contributed by atoms with Crippen molar-refractivity contribution in [1.29, 1.82) is 0 Å². The van der Waals surface area contributed by atoms with E-state index in [-0.39, 0.29) is 0 Å². The summed E-state index contributed by atoms with van der Waals surface area (Å²) in [5, 5.41) is 0. The predicted octanol–water partition coefficient (Wildman–Crippen LogP) is 5.64. The van der Waals surface area contributed by atoms with Crippen LogP contribution in [0.5, 0.6) is 0 Å². The molecular weight excluding hydrogens is 540 g/mol. The van der Waals surface area contributed by atoms with E-state index >= 15 is 0 Å². The maximum absolute atomic E-state index is 5.75. The van der Waals surface area contributed by atoms with Gasteiger partial charge in [-0.3, -0.25) is 0 Å². The quantitative estimate of drug-likeness (QED) is 0.137. The first-order valence-corrected chi connectivity index (χ1v) is 13.3. The molecule has 0 aliphatic rings. The number of aromatic nitrogens is 6. The second-order valence-corrected chi connectivity index (χ2v) is 9.75. The van der Waals surface area contributed by atoms with Crippen LogP contribution in [0.25, 0.3) is 66.2 Å². The van der Waals surface area contributed by atoms with Gasteiger partial charge in [-0.15, -0.1) is 37.5 Å². The number of fused-ring (bicyclic) bond motifs is 9. The molecule has 3 heterocycles. The predicted molar refractivity (Wildman–Crippen MR) is 175 cm³/mol. The van der Waals surface area contributed by atoms with E-state index < -0.39 is 0 Å². The number of terminal acetylenes is 4. The van der Waals surface area contributed by atoms with Crippen LogP contribution in [0.1, 0.15) is 47.2 Å². The van der Waals surface area contributed by atoms with Gasteiger partial charge in [0.1, 0.15) is 33.1 Å². The van der Waals surface area contributed by atoms with Crippen molar-refractivity contribution in [2.24, 2.45) is 0 Å². The first-order valence-electron chi connectivity index (χ1n) is 13.3. The van der Waals surface area contributed by atoms with Crippen molar-refractivity contribution in [3.05, 3.63) is 69.8 Å². The van der Waals surface area contributed by atoms with Crippen molar-refractivity contribution in [2.75, 3.05) is 0 Å². The summed E-state index contributed by atoms with van der Waals surface area (Å²) >= 11 is 0. The molecule has 7 aromatic rings. The van der Waals surface area contributed by atoms with E-state index in [1.165, 1.54) is 0 Å². The van der Waals surface area contributed by atoms with E-state index in [4.69, 9.17) is 55.6 Å². The third kappa shape index (κ3) is 3.82. The van der Waals surface area contributed by atoms with Gasteiger partial charge in [0.2, 0.25) is 0 Å². The van der Waals surface area contributed by atoms with Crippen LogP contribution in [0.2, 0.25) is 0 Å². The number of hydrogen-bond donors (Lipinski definition) is 0. The first-order chi connectivity index (χ1) is 21.5. The molecule has 198 valence electrons. The molecule has 0 radical (unpaired) electrons. The first kappa shape index (κ1) is 26.0. The minimum absolute atomic E-state index is 0.477. The Morgan fingerprint density at radius 2 is 0.568 bits per heavy atom. The lowest BCUT2D eigenvalue weighted by molar-refractivity contribution is 1.33. The third-order valence-electron chi connectivity index (χ3n) is 7.22. The summed E-state index contributed by atoms with van der Waals surface area (Å²) in [4.78, 5) is 30.0. The molecule has 0 fully saturated rings. The van der Waals surface area contributed by atoms with Gasteiger partial charge in [-0.05, 0) is 50.2 Å². The van der Waals surface area contributed by atoms with Crippen LogP contribution in [0.4, 0.5) is 0 Å². The Bertz CT molecular complexity index is 2600. The Morgan fingerprint density at radius 3 is 0.750 bits per heavy atom. The molecule has 0 saturated carbocycles. The van der Waals surface area contributed by atoms with Crippen molar-refractivity contribution in [2.45, 2.75) is 13.8 Å². The molecule has 4 aromatic carbocycles. The van der Waals surface area contributed by atoms with Crippen molar-refractivity contribution >= 4 is 66.2 Å². The molecule has 6 nitrogen and oxygen atoms in total. The van der Waals surface area contributed by atoms with E-state index in [0.29, 0.717) is 88.5 Å². The molecule has 44 heavy (non-hydrogen) atoms. The van der Waals surface area contributed by atoms with Gasteiger partial charge >= 0.3 is 0 Å². The average molecular weight is 557 g/mol. The van der Waals surface area contributed by atoms with Gasteiger partial charge in [0.05, 0.1) is 33.1 Å². The van der Waals surface area contributed by atoms with Gasteiger partial charge in [0, 0.05) is 33.4 Å². The van der Waals surface area contributed by atoms with Gasteiger partial charge in [-0.25, -0.2) is 29.9 Å². The second kappa shape index (κ2) is 9.85. The number of benzene rings is 4. The maximum atomic E-state index is 5.75. The largest absolute Gasteiger partial charge is 0.242 e. The molecule has 0 unspecified atom stereocenters. The fraction of sp³-hybridized carbons (Fsp3) is 0.0526. The summed E-state index contributed by atoms with van der Waals surface area (Å²) in [7, 11) is 0. The Kier molecular flexibility index (Phi) is 5.81. The molecule has 0 N–H and O–H groups in total. The average Bonchev–Trinajstić information content (AvgIpc) is 3.05. The monoisotopic (exact) mass is 556 g/mol. The zero-order chi connectivity index (χ0) is 30.5. The second-order valence-electron chi connectivity index (χ2n) is 9.75. The van der Waals surface area contributed by atoms with E-state index in [1.54, 1.807) is 38.1 Å². The Balaban J connectivity index is 1.73. The van der Waals surface area contributed by atoms with Crippen molar-refractivity contribution in [3.63, 3.8) is 0 Å². The summed E-state index contributed by atoms with van der Waals surface area (Å²) in [6, 6.07) is 10.7. The zero-order valence-corrected chi connectivity index (χ0v) is 23.5. The lowest BCUT2D eigenvalue weighted by atomic mass is 10.0. The van der Waals surface area contributed by atoms with Crippen LogP contribution in [-0.4, -0.2) is 29.9 Å².